The topological polar surface area (TPSA) is 136 Å². The van der Waals surface area contributed by atoms with E-state index in [0.717, 1.165) is 11.1 Å². The van der Waals surface area contributed by atoms with Gasteiger partial charge in [0.1, 0.15) is 41.9 Å². The zero-order valence-corrected chi connectivity index (χ0v) is 28.0. The Hall–Kier alpha value is -5.56. The molecule has 0 fully saturated rings. The van der Waals surface area contributed by atoms with Gasteiger partial charge in [0.2, 0.25) is 11.8 Å². The molecule has 10 nitrogen and oxygen atoms in total. The fourth-order valence-electron chi connectivity index (χ4n) is 5.38. The number of carbonyl (C=O) groups excluding carboxylic acids is 2. The number of aromatic nitrogens is 1. The predicted octanol–water partition coefficient (Wildman–Crippen LogP) is 6.99. The quantitative estimate of drug-likeness (QED) is 0.219. The molecule has 0 aliphatic carbocycles. The van der Waals surface area contributed by atoms with E-state index in [1.165, 1.54) is 0 Å². The molecule has 0 saturated heterocycles. The molecule has 0 unspecified atom stereocenters. The van der Waals surface area contributed by atoms with Crippen LogP contribution in [-0.4, -0.2) is 35.7 Å². The lowest BCUT2D eigenvalue weighted by atomic mass is 9.96. The van der Waals surface area contributed by atoms with E-state index in [2.05, 4.69) is 21.7 Å². The SMILES string of the molecule is COc1ccccc1/C1=C\c2cc(ccc2OCc2ccccc2)C[C@H](NC(=O)OC(C)(C)C)C(=O)N[C@@H](C(C)C)c2nc(C#N)c1o2. The molecule has 5 rings (SSSR count). The maximum Gasteiger partial charge on any atom is 0.408 e. The van der Waals surface area contributed by atoms with Gasteiger partial charge in [-0.1, -0.05) is 68.4 Å². The molecule has 1 aromatic heterocycles. The summed E-state index contributed by atoms with van der Waals surface area (Å²) in [6.07, 6.45) is 1.31. The second kappa shape index (κ2) is 14.5. The smallest absolute Gasteiger partial charge is 0.408 e. The van der Waals surface area contributed by atoms with Crippen molar-refractivity contribution in [3.05, 3.63) is 112 Å². The van der Waals surface area contributed by atoms with Gasteiger partial charge in [-0.2, -0.15) is 5.26 Å². The van der Waals surface area contributed by atoms with Gasteiger partial charge in [-0.3, -0.25) is 4.79 Å². The van der Waals surface area contributed by atoms with E-state index in [-0.39, 0.29) is 29.7 Å². The van der Waals surface area contributed by atoms with Gasteiger partial charge in [0.05, 0.1) is 7.11 Å². The minimum absolute atomic E-state index is 0.0467. The number of hydrogen-bond donors (Lipinski definition) is 2. The Kier molecular flexibility index (Phi) is 10.2. The minimum atomic E-state index is -1.01. The van der Waals surface area contributed by atoms with Crippen molar-refractivity contribution in [2.45, 2.75) is 65.3 Å². The number of nitrogens with one attached hydrogen (secondary N) is 2. The molecule has 4 aromatic rings. The number of amides is 2. The summed E-state index contributed by atoms with van der Waals surface area (Å²) in [5.74, 6) is 0.864. The van der Waals surface area contributed by atoms with Crippen molar-refractivity contribution in [2.75, 3.05) is 7.11 Å². The van der Waals surface area contributed by atoms with Gasteiger partial charge in [-0.05, 0) is 62.1 Å². The number of oxazole rings is 1. The molecule has 2 atom stereocenters. The maximum absolute atomic E-state index is 13.9. The number of benzene rings is 3. The minimum Gasteiger partial charge on any atom is -0.496 e. The summed E-state index contributed by atoms with van der Waals surface area (Å²) in [5, 5.41) is 16.0. The van der Waals surface area contributed by atoms with E-state index in [1.807, 2.05) is 92.7 Å². The zero-order valence-electron chi connectivity index (χ0n) is 28.0. The number of carbonyl (C=O) groups is 2. The Bertz CT molecular complexity index is 1850. The van der Waals surface area contributed by atoms with Crippen molar-refractivity contribution < 1.29 is 28.2 Å². The highest BCUT2D eigenvalue weighted by molar-refractivity contribution is 5.94. The first-order valence-electron chi connectivity index (χ1n) is 15.8. The van der Waals surface area contributed by atoms with Gasteiger partial charge in [0.25, 0.3) is 0 Å². The fraction of sp³-hybridized carbons (Fsp3) is 0.316. The third-order valence-corrected chi connectivity index (χ3v) is 7.68. The number of nitrogens with zero attached hydrogens (tertiary/aromatic N) is 2. The summed E-state index contributed by atoms with van der Waals surface area (Å²) in [5.41, 5.74) is 2.88. The van der Waals surface area contributed by atoms with Gasteiger partial charge in [-0.25, -0.2) is 9.78 Å². The van der Waals surface area contributed by atoms with E-state index in [9.17, 15) is 14.9 Å². The molecule has 1 aliphatic heterocycles. The molecule has 0 saturated carbocycles. The standard InChI is InChI=1S/C38H40N4O6/c1-23(2)33-36-40-30(21-39)34(47-36)28(27-14-10-11-15-32(27)45-6)20-26-18-25(16-17-31(26)46-22-24-12-8-7-9-13-24)19-29(35(43)42-33)41-37(44)48-38(3,4)5/h7-18,20,23,29,33H,19,22H2,1-6H3,(H,41,44)(H,42,43)/b28-20+/t29-,33-/m0/s1. The Morgan fingerprint density at radius 3 is 2.50 bits per heavy atom. The van der Waals surface area contributed by atoms with Crippen molar-refractivity contribution in [2.24, 2.45) is 5.92 Å². The molecule has 248 valence electrons. The van der Waals surface area contributed by atoms with Crippen molar-refractivity contribution in [1.29, 1.82) is 5.26 Å². The third kappa shape index (κ3) is 8.04. The second-order valence-corrected chi connectivity index (χ2v) is 12.9. The van der Waals surface area contributed by atoms with Crippen LogP contribution in [-0.2, 0) is 22.6 Å². The second-order valence-electron chi connectivity index (χ2n) is 12.9. The normalized spacial score (nSPS) is 17.4. The molecule has 1 aliphatic rings. The van der Waals surface area contributed by atoms with Crippen molar-refractivity contribution >= 4 is 23.6 Å². The summed E-state index contributed by atoms with van der Waals surface area (Å²) >= 11 is 0. The molecular formula is C38H40N4O6. The van der Waals surface area contributed by atoms with Crippen LogP contribution in [0.15, 0.2) is 77.2 Å². The Balaban J connectivity index is 1.72. The van der Waals surface area contributed by atoms with Crippen LogP contribution in [0, 0.1) is 17.2 Å². The van der Waals surface area contributed by atoms with Crippen LogP contribution in [0.1, 0.15) is 80.3 Å². The van der Waals surface area contributed by atoms with Crippen LogP contribution >= 0.6 is 0 Å². The van der Waals surface area contributed by atoms with Crippen molar-refractivity contribution in [3.8, 4) is 17.6 Å². The number of ether oxygens (including phenoxy) is 3. The summed E-state index contributed by atoms with van der Waals surface area (Å²) < 4.78 is 24.0. The number of rotatable bonds is 7. The average molecular weight is 649 g/mol. The predicted molar refractivity (Wildman–Crippen MR) is 181 cm³/mol. The first-order chi connectivity index (χ1) is 23.0. The van der Waals surface area contributed by atoms with Gasteiger partial charge in [0, 0.05) is 23.1 Å². The van der Waals surface area contributed by atoms with E-state index < -0.39 is 29.7 Å². The molecular weight excluding hydrogens is 608 g/mol. The van der Waals surface area contributed by atoms with Crippen LogP contribution in [0.5, 0.6) is 11.5 Å². The number of alkyl carbamates (subject to hydrolysis) is 1. The molecule has 48 heavy (non-hydrogen) atoms. The third-order valence-electron chi connectivity index (χ3n) is 7.68. The number of nitriles is 1. The van der Waals surface area contributed by atoms with Crippen LogP contribution in [0.4, 0.5) is 4.79 Å². The first-order valence-corrected chi connectivity index (χ1v) is 15.8. The van der Waals surface area contributed by atoms with Crippen molar-refractivity contribution in [1.82, 2.24) is 15.6 Å². The van der Waals surface area contributed by atoms with Gasteiger partial charge in [0.15, 0.2) is 11.5 Å². The van der Waals surface area contributed by atoms with E-state index in [1.54, 1.807) is 27.9 Å². The number of fused-ring (bicyclic) bond motifs is 4. The van der Waals surface area contributed by atoms with Gasteiger partial charge < -0.3 is 29.3 Å². The number of para-hydroxylation sites is 1. The highest BCUT2D eigenvalue weighted by Crippen LogP contribution is 2.38. The van der Waals surface area contributed by atoms with Crippen molar-refractivity contribution in [3.63, 3.8) is 0 Å². The van der Waals surface area contributed by atoms with Crippen LogP contribution in [0.25, 0.3) is 11.6 Å². The summed E-state index contributed by atoms with van der Waals surface area (Å²) in [6, 6.07) is 23.3. The number of hydrogen-bond acceptors (Lipinski definition) is 8. The Morgan fingerprint density at radius 1 is 1.08 bits per heavy atom. The van der Waals surface area contributed by atoms with Gasteiger partial charge in [-0.15, -0.1) is 0 Å². The monoisotopic (exact) mass is 648 g/mol. The molecule has 2 amide bonds. The highest BCUT2D eigenvalue weighted by atomic mass is 16.6. The Labute approximate surface area is 280 Å². The zero-order chi connectivity index (χ0) is 34.4. The summed E-state index contributed by atoms with van der Waals surface area (Å²) in [7, 11) is 1.58. The maximum atomic E-state index is 13.9. The van der Waals surface area contributed by atoms with E-state index >= 15 is 0 Å². The highest BCUT2D eigenvalue weighted by Gasteiger charge is 2.32. The lowest BCUT2D eigenvalue weighted by Gasteiger charge is -2.26. The molecule has 4 bridgehead atoms. The molecule has 0 spiro atoms. The summed E-state index contributed by atoms with van der Waals surface area (Å²) in [6.45, 7) is 9.39. The van der Waals surface area contributed by atoms with Crippen LogP contribution in [0.2, 0.25) is 0 Å². The van der Waals surface area contributed by atoms with E-state index in [0.29, 0.717) is 34.8 Å². The van der Waals surface area contributed by atoms with E-state index in [4.69, 9.17) is 18.6 Å². The average Bonchev–Trinajstić information content (AvgIpc) is 3.48. The van der Waals surface area contributed by atoms with Crippen LogP contribution in [0.3, 0.4) is 0 Å². The first kappa shape index (κ1) is 33.8. The molecule has 10 heteroatoms. The molecule has 2 N–H and O–H groups in total. The number of methoxy groups -OCH3 is 1. The van der Waals surface area contributed by atoms with Gasteiger partial charge >= 0.3 is 6.09 Å². The molecule has 2 heterocycles. The molecule has 0 radical (unpaired) electrons. The lowest BCUT2D eigenvalue weighted by molar-refractivity contribution is -0.124. The summed E-state index contributed by atoms with van der Waals surface area (Å²) in [4.78, 5) is 31.4. The largest absolute Gasteiger partial charge is 0.496 e. The Morgan fingerprint density at radius 2 is 1.81 bits per heavy atom. The lowest BCUT2D eigenvalue weighted by Crippen LogP contribution is -2.50. The fourth-order valence-corrected chi connectivity index (χ4v) is 5.38. The van der Waals surface area contributed by atoms with Crippen LogP contribution < -0.4 is 20.1 Å². The molecule has 3 aromatic carbocycles.